The highest BCUT2D eigenvalue weighted by Crippen LogP contribution is 2.39. The number of allylic oxidation sites excluding steroid dienone is 3. The van der Waals surface area contributed by atoms with Crippen molar-refractivity contribution in [2.24, 2.45) is 16.1 Å². The number of ether oxygens (including phenoxy) is 2. The molecule has 1 aliphatic heterocycles. The smallest absolute Gasteiger partial charge is 0.275 e. The minimum atomic E-state index is -1.15. The lowest BCUT2D eigenvalue weighted by atomic mass is 9.86. The van der Waals surface area contributed by atoms with Crippen LogP contribution in [0, 0.1) is 16.7 Å². The lowest BCUT2D eigenvalue weighted by Crippen LogP contribution is -2.40. The first kappa shape index (κ1) is 28.3. The molecule has 9 nitrogen and oxygen atoms in total. The van der Waals surface area contributed by atoms with Crippen LogP contribution < -0.4 is 15.8 Å². The van der Waals surface area contributed by atoms with Crippen LogP contribution in [0.3, 0.4) is 0 Å². The summed E-state index contributed by atoms with van der Waals surface area (Å²) in [6, 6.07) is 2.15. The predicted molar refractivity (Wildman–Crippen MR) is 135 cm³/mol. The maximum atomic E-state index is 15.2. The first-order valence-electron chi connectivity index (χ1n) is 10.5. The fraction of sp³-hybridized carbons (Fsp3) is 0.435. The number of nitrogens with zero attached hydrogens (tertiary/aromatic N) is 4. The number of aliphatic imine (C=N–C) groups is 1. The second-order valence-corrected chi connectivity index (χ2v) is 8.98. The van der Waals surface area contributed by atoms with Crippen LogP contribution in [0.5, 0.6) is 5.88 Å². The van der Waals surface area contributed by atoms with Gasteiger partial charge in [-0.3, -0.25) is 9.79 Å². The number of hydrogen-bond acceptors (Lipinski definition) is 7. The van der Waals surface area contributed by atoms with Crippen molar-refractivity contribution in [3.8, 4) is 11.9 Å². The van der Waals surface area contributed by atoms with Crippen molar-refractivity contribution in [2.75, 3.05) is 17.9 Å². The van der Waals surface area contributed by atoms with E-state index in [9.17, 15) is 14.4 Å². The zero-order valence-electron chi connectivity index (χ0n) is 19.6. The van der Waals surface area contributed by atoms with Gasteiger partial charge < -0.3 is 20.5 Å². The van der Waals surface area contributed by atoms with E-state index < -0.39 is 29.5 Å². The summed E-state index contributed by atoms with van der Waals surface area (Å²) < 4.78 is 37.9. The molecule has 3 N–H and O–H groups in total. The average molecular weight is 600 g/mol. The van der Waals surface area contributed by atoms with Crippen LogP contribution in [-0.4, -0.2) is 51.2 Å². The first-order valence-corrected chi connectivity index (χ1v) is 12.0. The van der Waals surface area contributed by atoms with Crippen molar-refractivity contribution < 1.29 is 23.0 Å². The molecule has 188 valence electrons. The monoisotopic (exact) mass is 600 g/mol. The van der Waals surface area contributed by atoms with Crippen LogP contribution in [0.25, 0.3) is 0 Å². The number of aromatic nitrogens is 2. The van der Waals surface area contributed by atoms with E-state index in [4.69, 9.17) is 10.5 Å². The Balaban J connectivity index is 2.21. The molecule has 12 heteroatoms. The number of carbonyl (C=O) groups is 1. The topological polar surface area (TPSA) is 136 Å². The van der Waals surface area contributed by atoms with Gasteiger partial charge in [0.1, 0.15) is 28.3 Å². The van der Waals surface area contributed by atoms with E-state index in [1.807, 2.05) is 6.92 Å². The summed E-state index contributed by atoms with van der Waals surface area (Å²) in [5.74, 6) is -1.24. The first-order chi connectivity index (χ1) is 16.5. The van der Waals surface area contributed by atoms with E-state index in [0.29, 0.717) is 16.5 Å². The van der Waals surface area contributed by atoms with E-state index in [2.05, 4.69) is 60.3 Å². The average Bonchev–Trinajstić information content (AvgIpc) is 3.23. The molecular weight excluding hydrogens is 573 g/mol. The number of halogens is 3. The summed E-state index contributed by atoms with van der Waals surface area (Å²) in [4.78, 5) is 24.4. The molecule has 1 amide bonds. The molecule has 3 atom stereocenters. The van der Waals surface area contributed by atoms with E-state index >= 15 is 4.39 Å². The summed E-state index contributed by atoms with van der Waals surface area (Å²) in [5.41, 5.74) is 4.34. The van der Waals surface area contributed by atoms with Crippen LogP contribution in [-0.2, 0) is 4.74 Å². The number of amidine groups is 1. The highest BCUT2D eigenvalue weighted by molar-refractivity contribution is 14.1. The van der Waals surface area contributed by atoms with Gasteiger partial charge in [-0.15, -0.1) is 0 Å². The number of nitriles is 1. The van der Waals surface area contributed by atoms with E-state index in [1.165, 1.54) is 6.08 Å². The summed E-state index contributed by atoms with van der Waals surface area (Å²) in [5, 5.41) is 12.1. The zero-order chi connectivity index (χ0) is 26.2. The third-order valence-corrected chi connectivity index (χ3v) is 6.87. The molecule has 0 bridgehead atoms. The Hall–Kier alpha value is -2.92. The number of alkyl halides is 2. The molecule has 0 aliphatic carbocycles. The molecule has 0 radical (unpaired) electrons. The van der Waals surface area contributed by atoms with Crippen LogP contribution >= 0.6 is 22.6 Å². The van der Waals surface area contributed by atoms with Crippen LogP contribution in [0.1, 0.15) is 37.7 Å². The van der Waals surface area contributed by atoms with Gasteiger partial charge in [-0.2, -0.15) is 5.26 Å². The molecule has 1 aliphatic rings. The van der Waals surface area contributed by atoms with Crippen molar-refractivity contribution in [1.29, 1.82) is 5.26 Å². The number of rotatable bonds is 10. The highest BCUT2D eigenvalue weighted by Gasteiger charge is 2.44. The summed E-state index contributed by atoms with van der Waals surface area (Å²) in [6.07, 6.45) is 4.89. The zero-order valence-corrected chi connectivity index (χ0v) is 21.8. The van der Waals surface area contributed by atoms with Gasteiger partial charge >= 0.3 is 0 Å². The molecule has 0 spiro atoms. The highest BCUT2D eigenvalue weighted by atomic mass is 127. The van der Waals surface area contributed by atoms with Crippen molar-refractivity contribution >= 4 is 34.3 Å². The van der Waals surface area contributed by atoms with Crippen LogP contribution in [0.15, 0.2) is 53.2 Å². The largest absolute Gasteiger partial charge is 0.445 e. The number of nitrogens with one attached hydrogen (secondary N) is 1. The second-order valence-electron chi connectivity index (χ2n) is 8.22. The standard InChI is InChI=1S/C23H27F2IN6O3/c1-14(31-20(33)18-8-30-19(9-29-18)35-13-24)5-6-17(25)16(3)23(7-15(2)34-12-23)32-21(28)22(4,10-26)11-27/h5-6,8-9,15H,3,7,10,12-13H2,1-2,4H3,(H2,28,32)(H,31,33)/b14-5+,17-6+/t15-,22+,23-/m1/s1. The third-order valence-electron chi connectivity index (χ3n) is 5.35. The Morgan fingerprint density at radius 2 is 2.26 bits per heavy atom. The molecule has 1 aromatic rings. The molecular formula is C23H27F2IN6O3. The Morgan fingerprint density at radius 1 is 1.54 bits per heavy atom. The van der Waals surface area contributed by atoms with Gasteiger partial charge in [-0.1, -0.05) is 29.2 Å². The van der Waals surface area contributed by atoms with Gasteiger partial charge in [-0.25, -0.2) is 18.7 Å². The van der Waals surface area contributed by atoms with Crippen LogP contribution in [0.4, 0.5) is 8.78 Å². The Labute approximate surface area is 216 Å². The summed E-state index contributed by atoms with van der Waals surface area (Å²) >= 11 is 2.05. The fourth-order valence-electron chi connectivity index (χ4n) is 3.11. The molecule has 1 aromatic heterocycles. The van der Waals surface area contributed by atoms with E-state index in [-0.39, 0.29) is 35.7 Å². The molecule has 2 rings (SSSR count). The maximum Gasteiger partial charge on any atom is 0.275 e. The number of amides is 1. The number of carbonyl (C=O) groups excluding carboxylic acids is 1. The lowest BCUT2D eigenvalue weighted by molar-refractivity contribution is 0.0960. The molecule has 0 saturated carbocycles. The van der Waals surface area contributed by atoms with E-state index in [0.717, 1.165) is 18.5 Å². The fourth-order valence-corrected chi connectivity index (χ4v) is 3.67. The van der Waals surface area contributed by atoms with Gasteiger partial charge in [0.2, 0.25) is 12.7 Å². The Bertz CT molecular complexity index is 1090. The van der Waals surface area contributed by atoms with E-state index in [1.54, 1.807) is 13.8 Å². The van der Waals surface area contributed by atoms with Gasteiger partial charge in [0.15, 0.2) is 0 Å². The van der Waals surface area contributed by atoms with Crippen molar-refractivity contribution in [3.05, 3.63) is 53.9 Å². The van der Waals surface area contributed by atoms with Crippen molar-refractivity contribution in [3.63, 3.8) is 0 Å². The molecule has 2 heterocycles. The Morgan fingerprint density at radius 3 is 2.77 bits per heavy atom. The van der Waals surface area contributed by atoms with Gasteiger partial charge in [0, 0.05) is 22.1 Å². The predicted octanol–water partition coefficient (Wildman–Crippen LogP) is 3.70. The summed E-state index contributed by atoms with van der Waals surface area (Å²) in [7, 11) is 0. The Kier molecular flexibility index (Phi) is 9.84. The van der Waals surface area contributed by atoms with Crippen LogP contribution in [0.2, 0.25) is 0 Å². The minimum Gasteiger partial charge on any atom is -0.445 e. The lowest BCUT2D eigenvalue weighted by Gasteiger charge is -2.28. The molecule has 0 aromatic carbocycles. The number of nitrogens with two attached hydrogens (primary N) is 1. The quantitative estimate of drug-likeness (QED) is 0.138. The molecule has 1 saturated heterocycles. The molecule has 0 unspecified atom stereocenters. The minimum absolute atomic E-state index is 0.0329. The second kappa shape index (κ2) is 12.2. The normalized spacial score (nSPS) is 22.8. The SMILES string of the molecule is C=C(/C(F)=C\C=C(/C)NC(=O)c1cnc(OCF)cn1)[C@]1(/N=C(/N)[C@](C)(C#N)CI)CO[C@H](C)C1. The molecule has 1 fully saturated rings. The third kappa shape index (κ3) is 7.04. The summed E-state index contributed by atoms with van der Waals surface area (Å²) in [6.45, 7) is 7.96. The van der Waals surface area contributed by atoms with Gasteiger partial charge in [0.05, 0.1) is 31.2 Å². The van der Waals surface area contributed by atoms with Gasteiger partial charge in [0.25, 0.3) is 5.91 Å². The van der Waals surface area contributed by atoms with Gasteiger partial charge in [-0.05, 0) is 32.9 Å². The maximum absolute atomic E-state index is 15.2. The van der Waals surface area contributed by atoms with Crippen molar-refractivity contribution in [2.45, 2.75) is 38.8 Å². The number of hydrogen-bond donors (Lipinski definition) is 2. The molecule has 35 heavy (non-hydrogen) atoms. The van der Waals surface area contributed by atoms with Crippen molar-refractivity contribution in [1.82, 2.24) is 15.3 Å².